The van der Waals surface area contributed by atoms with Crippen LogP contribution in [0.25, 0.3) is 10.8 Å². The Kier molecular flexibility index (Phi) is 3.11. The lowest BCUT2D eigenvalue weighted by atomic mass is 9.64. The third-order valence-electron chi connectivity index (χ3n) is 4.38. The summed E-state index contributed by atoms with van der Waals surface area (Å²) < 4.78 is 5.21. The van der Waals surface area contributed by atoms with Crippen molar-refractivity contribution in [3.63, 3.8) is 0 Å². The SMILES string of the molecule is COc1ccc2cc(C(O)C3(C#N)CCC3)ccc2c1. The van der Waals surface area contributed by atoms with Crippen LogP contribution in [0.4, 0.5) is 0 Å². The molecule has 0 aliphatic heterocycles. The first kappa shape index (κ1) is 13.0. The Morgan fingerprint density at radius 2 is 1.90 bits per heavy atom. The summed E-state index contributed by atoms with van der Waals surface area (Å²) in [6.07, 6.45) is 1.89. The van der Waals surface area contributed by atoms with Crippen LogP contribution in [0.1, 0.15) is 30.9 Å². The van der Waals surface area contributed by atoms with E-state index >= 15 is 0 Å². The largest absolute Gasteiger partial charge is 0.497 e. The monoisotopic (exact) mass is 267 g/mol. The molecule has 2 aromatic rings. The number of hydrogen-bond acceptors (Lipinski definition) is 3. The fourth-order valence-electron chi connectivity index (χ4n) is 2.86. The van der Waals surface area contributed by atoms with Crippen molar-refractivity contribution in [2.45, 2.75) is 25.4 Å². The van der Waals surface area contributed by atoms with Crippen LogP contribution in [-0.4, -0.2) is 12.2 Å². The predicted molar refractivity (Wildman–Crippen MR) is 77.4 cm³/mol. The fraction of sp³-hybridized carbons (Fsp3) is 0.353. The summed E-state index contributed by atoms with van der Waals surface area (Å²) in [6, 6.07) is 14.0. The Labute approximate surface area is 118 Å². The molecule has 1 fully saturated rings. The number of ether oxygens (including phenoxy) is 1. The topological polar surface area (TPSA) is 53.2 Å². The highest BCUT2D eigenvalue weighted by atomic mass is 16.5. The summed E-state index contributed by atoms with van der Waals surface area (Å²) >= 11 is 0. The fourth-order valence-corrected chi connectivity index (χ4v) is 2.86. The van der Waals surface area contributed by atoms with Crippen LogP contribution in [0.15, 0.2) is 36.4 Å². The van der Waals surface area contributed by atoms with Crippen molar-refractivity contribution in [3.8, 4) is 11.8 Å². The van der Waals surface area contributed by atoms with Crippen LogP contribution in [0.3, 0.4) is 0 Å². The molecule has 0 spiro atoms. The summed E-state index contributed by atoms with van der Waals surface area (Å²) in [6.45, 7) is 0. The summed E-state index contributed by atoms with van der Waals surface area (Å²) in [5.41, 5.74) is 0.240. The first-order valence-electron chi connectivity index (χ1n) is 6.85. The van der Waals surface area contributed by atoms with Gasteiger partial charge in [-0.05, 0) is 47.4 Å². The van der Waals surface area contributed by atoms with E-state index in [1.165, 1.54) is 0 Å². The van der Waals surface area contributed by atoms with Gasteiger partial charge in [-0.3, -0.25) is 0 Å². The van der Waals surface area contributed by atoms with Crippen molar-refractivity contribution >= 4 is 10.8 Å². The lowest BCUT2D eigenvalue weighted by Gasteiger charge is -2.39. The number of aliphatic hydroxyl groups is 1. The van der Waals surface area contributed by atoms with Gasteiger partial charge in [0.2, 0.25) is 0 Å². The molecule has 0 amide bonds. The molecule has 0 bridgehead atoms. The molecule has 0 aromatic heterocycles. The van der Waals surface area contributed by atoms with Gasteiger partial charge in [0.1, 0.15) is 5.75 Å². The Morgan fingerprint density at radius 3 is 2.50 bits per heavy atom. The van der Waals surface area contributed by atoms with E-state index in [1.807, 2.05) is 36.4 Å². The molecule has 0 radical (unpaired) electrons. The Bertz CT molecular complexity index is 683. The minimum absolute atomic E-state index is 0.583. The molecule has 1 aliphatic carbocycles. The molecule has 0 heterocycles. The summed E-state index contributed by atoms with van der Waals surface area (Å²) in [7, 11) is 1.65. The Hall–Kier alpha value is -2.05. The number of benzene rings is 2. The zero-order chi connectivity index (χ0) is 14.2. The number of methoxy groups -OCH3 is 1. The second-order valence-corrected chi connectivity index (χ2v) is 5.50. The summed E-state index contributed by atoms with van der Waals surface area (Å²) in [4.78, 5) is 0. The second kappa shape index (κ2) is 4.81. The highest BCUT2D eigenvalue weighted by molar-refractivity contribution is 5.84. The van der Waals surface area contributed by atoms with Crippen LogP contribution < -0.4 is 4.74 Å². The number of nitriles is 1. The lowest BCUT2D eigenvalue weighted by Crippen LogP contribution is -2.34. The average Bonchev–Trinajstić information content (AvgIpc) is 2.45. The highest BCUT2D eigenvalue weighted by Gasteiger charge is 2.44. The maximum absolute atomic E-state index is 10.5. The number of hydrogen-bond donors (Lipinski definition) is 1. The van der Waals surface area contributed by atoms with Gasteiger partial charge in [0.25, 0.3) is 0 Å². The smallest absolute Gasteiger partial charge is 0.119 e. The maximum Gasteiger partial charge on any atom is 0.119 e. The number of rotatable bonds is 3. The first-order chi connectivity index (χ1) is 9.68. The average molecular weight is 267 g/mol. The third-order valence-corrected chi connectivity index (χ3v) is 4.38. The van der Waals surface area contributed by atoms with Crippen LogP contribution >= 0.6 is 0 Å². The van der Waals surface area contributed by atoms with Crippen molar-refractivity contribution in [1.82, 2.24) is 0 Å². The van der Waals surface area contributed by atoms with E-state index < -0.39 is 11.5 Å². The molecular weight excluding hydrogens is 250 g/mol. The molecule has 1 N–H and O–H groups in total. The molecule has 20 heavy (non-hydrogen) atoms. The maximum atomic E-state index is 10.5. The van der Waals surface area contributed by atoms with E-state index in [2.05, 4.69) is 6.07 Å². The minimum Gasteiger partial charge on any atom is -0.497 e. The molecule has 3 rings (SSSR count). The predicted octanol–water partition coefficient (Wildman–Crippen LogP) is 3.58. The molecule has 3 nitrogen and oxygen atoms in total. The van der Waals surface area contributed by atoms with E-state index in [9.17, 15) is 10.4 Å². The second-order valence-electron chi connectivity index (χ2n) is 5.50. The van der Waals surface area contributed by atoms with Crippen molar-refractivity contribution in [3.05, 3.63) is 42.0 Å². The van der Waals surface area contributed by atoms with Crippen molar-refractivity contribution < 1.29 is 9.84 Å². The number of fused-ring (bicyclic) bond motifs is 1. The lowest BCUT2D eigenvalue weighted by molar-refractivity contribution is 0.00804. The van der Waals surface area contributed by atoms with Gasteiger partial charge in [-0.1, -0.05) is 24.6 Å². The summed E-state index contributed by atoms with van der Waals surface area (Å²) in [5.74, 6) is 0.818. The Balaban J connectivity index is 1.99. The van der Waals surface area contributed by atoms with Gasteiger partial charge in [-0.15, -0.1) is 0 Å². The molecule has 2 aromatic carbocycles. The molecule has 1 atom stereocenters. The standard InChI is InChI=1S/C17H17NO2/c1-20-15-6-5-12-9-14(4-3-13(12)10-15)16(19)17(11-18)7-2-8-17/h3-6,9-10,16,19H,2,7-8H2,1H3. The molecular formula is C17H17NO2. The van der Waals surface area contributed by atoms with Crippen LogP contribution in [0, 0.1) is 16.7 Å². The molecule has 3 heteroatoms. The van der Waals surface area contributed by atoms with Crippen molar-refractivity contribution in [2.24, 2.45) is 5.41 Å². The van der Waals surface area contributed by atoms with Crippen LogP contribution in [0.2, 0.25) is 0 Å². The third kappa shape index (κ3) is 1.93. The van der Waals surface area contributed by atoms with Crippen molar-refractivity contribution in [1.29, 1.82) is 5.26 Å². The van der Waals surface area contributed by atoms with Crippen molar-refractivity contribution in [2.75, 3.05) is 7.11 Å². The number of nitrogens with zero attached hydrogens (tertiary/aromatic N) is 1. The van der Waals surface area contributed by atoms with Gasteiger partial charge >= 0.3 is 0 Å². The van der Waals surface area contributed by atoms with E-state index in [-0.39, 0.29) is 0 Å². The van der Waals surface area contributed by atoms with Gasteiger partial charge < -0.3 is 9.84 Å². The van der Waals surface area contributed by atoms with Gasteiger partial charge in [-0.2, -0.15) is 5.26 Å². The molecule has 1 aliphatic rings. The quantitative estimate of drug-likeness (QED) is 0.924. The van der Waals surface area contributed by atoms with E-state index in [0.717, 1.165) is 41.3 Å². The van der Waals surface area contributed by atoms with Gasteiger partial charge in [0, 0.05) is 0 Å². The molecule has 102 valence electrons. The molecule has 1 unspecified atom stereocenters. The zero-order valence-corrected chi connectivity index (χ0v) is 11.5. The highest BCUT2D eigenvalue weighted by Crippen LogP contribution is 2.49. The normalized spacial score (nSPS) is 18.1. The van der Waals surface area contributed by atoms with E-state index in [1.54, 1.807) is 7.11 Å². The van der Waals surface area contributed by atoms with Gasteiger partial charge in [0.05, 0.1) is 24.7 Å². The summed E-state index contributed by atoms with van der Waals surface area (Å²) in [5, 5.41) is 21.9. The Morgan fingerprint density at radius 1 is 1.20 bits per heavy atom. The zero-order valence-electron chi connectivity index (χ0n) is 11.5. The van der Waals surface area contributed by atoms with Crippen LogP contribution in [-0.2, 0) is 0 Å². The molecule has 1 saturated carbocycles. The van der Waals surface area contributed by atoms with Gasteiger partial charge in [-0.25, -0.2) is 0 Å². The van der Waals surface area contributed by atoms with E-state index in [4.69, 9.17) is 4.74 Å². The minimum atomic E-state index is -0.701. The van der Waals surface area contributed by atoms with Crippen LogP contribution in [0.5, 0.6) is 5.75 Å². The molecule has 0 saturated heterocycles. The van der Waals surface area contributed by atoms with E-state index in [0.29, 0.717) is 0 Å². The van der Waals surface area contributed by atoms with Gasteiger partial charge in [0.15, 0.2) is 0 Å². The number of aliphatic hydroxyl groups excluding tert-OH is 1. The first-order valence-corrected chi connectivity index (χ1v) is 6.85.